The lowest BCUT2D eigenvalue weighted by molar-refractivity contribution is 0.0731. The number of likely N-dealkylation sites (N-methyl/N-ethyl adjacent to an activating group) is 1. The summed E-state index contributed by atoms with van der Waals surface area (Å²) in [5, 5.41) is 9.00. The molecule has 0 fully saturated rings. The van der Waals surface area contributed by atoms with Gasteiger partial charge in [-0.25, -0.2) is 0 Å². The SMILES string of the molecule is CCN(CCO)C(=O)c1cccc(OCc2cccnc2)c1. The van der Waals surface area contributed by atoms with Crippen molar-refractivity contribution in [3.8, 4) is 5.75 Å². The Morgan fingerprint density at radius 2 is 2.18 bits per heavy atom. The third-order valence-electron chi connectivity index (χ3n) is 3.25. The van der Waals surface area contributed by atoms with Crippen molar-refractivity contribution in [3.05, 3.63) is 59.9 Å². The molecule has 0 spiro atoms. The molecule has 0 atom stereocenters. The maximum atomic E-state index is 12.3. The Kier molecular flexibility index (Phi) is 5.91. The van der Waals surface area contributed by atoms with Crippen LogP contribution in [0.15, 0.2) is 48.8 Å². The number of hydrogen-bond donors (Lipinski definition) is 1. The number of carbonyl (C=O) groups is 1. The Bertz CT molecular complexity index is 602. The van der Waals surface area contributed by atoms with Gasteiger partial charge in [0.1, 0.15) is 12.4 Å². The minimum atomic E-state index is -0.108. The van der Waals surface area contributed by atoms with Gasteiger partial charge in [-0.05, 0) is 31.2 Å². The number of hydrogen-bond acceptors (Lipinski definition) is 4. The maximum absolute atomic E-state index is 12.3. The standard InChI is InChI=1S/C17H20N2O3/c1-2-19(9-10-20)17(21)15-6-3-7-16(11-15)22-13-14-5-4-8-18-12-14/h3-8,11-12,20H,2,9-10,13H2,1H3. The quantitative estimate of drug-likeness (QED) is 0.850. The lowest BCUT2D eigenvalue weighted by Gasteiger charge is -2.20. The maximum Gasteiger partial charge on any atom is 0.254 e. The van der Waals surface area contributed by atoms with Crippen molar-refractivity contribution in [2.75, 3.05) is 19.7 Å². The number of amides is 1. The highest BCUT2D eigenvalue weighted by atomic mass is 16.5. The van der Waals surface area contributed by atoms with Gasteiger partial charge in [0.05, 0.1) is 6.61 Å². The van der Waals surface area contributed by atoms with Crippen molar-refractivity contribution in [1.29, 1.82) is 0 Å². The van der Waals surface area contributed by atoms with E-state index in [0.717, 1.165) is 5.56 Å². The summed E-state index contributed by atoms with van der Waals surface area (Å²) in [6.45, 7) is 3.13. The van der Waals surface area contributed by atoms with E-state index in [1.54, 1.807) is 35.5 Å². The number of aromatic nitrogens is 1. The van der Waals surface area contributed by atoms with Crippen LogP contribution in [-0.2, 0) is 6.61 Å². The molecule has 2 aromatic rings. The van der Waals surface area contributed by atoms with Gasteiger partial charge in [-0.15, -0.1) is 0 Å². The first kappa shape index (κ1) is 16.0. The van der Waals surface area contributed by atoms with Crippen LogP contribution in [0.3, 0.4) is 0 Å². The van der Waals surface area contributed by atoms with E-state index >= 15 is 0 Å². The smallest absolute Gasteiger partial charge is 0.254 e. The summed E-state index contributed by atoms with van der Waals surface area (Å²) in [4.78, 5) is 18.0. The molecule has 116 valence electrons. The van der Waals surface area contributed by atoms with E-state index in [9.17, 15) is 4.79 Å². The molecule has 0 bridgehead atoms. The van der Waals surface area contributed by atoms with Crippen molar-refractivity contribution < 1.29 is 14.6 Å². The Labute approximate surface area is 130 Å². The molecule has 1 N–H and O–H groups in total. The minimum absolute atomic E-state index is 0.0449. The normalized spacial score (nSPS) is 10.3. The zero-order valence-electron chi connectivity index (χ0n) is 12.6. The van der Waals surface area contributed by atoms with Crippen LogP contribution in [0.1, 0.15) is 22.8 Å². The van der Waals surface area contributed by atoms with Gasteiger partial charge in [0.15, 0.2) is 0 Å². The van der Waals surface area contributed by atoms with Crippen molar-refractivity contribution in [2.24, 2.45) is 0 Å². The Morgan fingerprint density at radius 3 is 2.86 bits per heavy atom. The number of pyridine rings is 1. The number of aliphatic hydroxyl groups excluding tert-OH is 1. The molecule has 1 aromatic heterocycles. The molecule has 5 nitrogen and oxygen atoms in total. The van der Waals surface area contributed by atoms with Crippen molar-refractivity contribution >= 4 is 5.91 Å². The van der Waals surface area contributed by atoms with Crippen LogP contribution in [0.5, 0.6) is 5.75 Å². The van der Waals surface area contributed by atoms with Crippen LogP contribution in [-0.4, -0.2) is 40.6 Å². The highest BCUT2D eigenvalue weighted by Crippen LogP contribution is 2.16. The van der Waals surface area contributed by atoms with Gasteiger partial charge < -0.3 is 14.7 Å². The third-order valence-corrected chi connectivity index (χ3v) is 3.25. The zero-order valence-corrected chi connectivity index (χ0v) is 12.6. The second-order valence-electron chi connectivity index (χ2n) is 4.79. The average molecular weight is 300 g/mol. The van der Waals surface area contributed by atoms with Crippen LogP contribution in [0, 0.1) is 0 Å². The predicted molar refractivity (Wildman–Crippen MR) is 83.7 cm³/mol. The summed E-state index contributed by atoms with van der Waals surface area (Å²) in [6, 6.07) is 10.9. The predicted octanol–water partition coefficient (Wildman–Crippen LogP) is 2.11. The van der Waals surface area contributed by atoms with Crippen molar-refractivity contribution in [2.45, 2.75) is 13.5 Å². The fourth-order valence-electron chi connectivity index (χ4n) is 2.08. The van der Waals surface area contributed by atoms with Gasteiger partial charge in [0.25, 0.3) is 5.91 Å². The molecule has 22 heavy (non-hydrogen) atoms. The summed E-state index contributed by atoms with van der Waals surface area (Å²) >= 11 is 0. The van der Waals surface area contributed by atoms with E-state index in [2.05, 4.69) is 4.98 Å². The van der Waals surface area contributed by atoms with E-state index in [1.165, 1.54) is 0 Å². The Balaban J connectivity index is 2.04. The van der Waals surface area contributed by atoms with Gasteiger partial charge in [0.2, 0.25) is 0 Å². The molecule has 1 amide bonds. The van der Waals surface area contributed by atoms with E-state index in [-0.39, 0.29) is 12.5 Å². The minimum Gasteiger partial charge on any atom is -0.489 e. The van der Waals surface area contributed by atoms with E-state index in [4.69, 9.17) is 9.84 Å². The van der Waals surface area contributed by atoms with Crippen LogP contribution >= 0.6 is 0 Å². The molecular formula is C17H20N2O3. The summed E-state index contributed by atoms with van der Waals surface area (Å²) < 4.78 is 5.70. The second-order valence-corrected chi connectivity index (χ2v) is 4.79. The number of ether oxygens (including phenoxy) is 1. The number of nitrogens with zero attached hydrogens (tertiary/aromatic N) is 2. The lowest BCUT2D eigenvalue weighted by Crippen LogP contribution is -2.33. The topological polar surface area (TPSA) is 62.7 Å². The van der Waals surface area contributed by atoms with Gasteiger partial charge in [-0.1, -0.05) is 12.1 Å². The number of carbonyl (C=O) groups excluding carboxylic acids is 1. The van der Waals surface area contributed by atoms with Gasteiger partial charge in [0, 0.05) is 36.6 Å². The molecule has 5 heteroatoms. The number of aliphatic hydroxyl groups is 1. The second kappa shape index (κ2) is 8.14. The third kappa shape index (κ3) is 4.30. The molecule has 0 unspecified atom stereocenters. The molecular weight excluding hydrogens is 280 g/mol. The van der Waals surface area contributed by atoms with Crippen LogP contribution in [0.4, 0.5) is 0 Å². The lowest BCUT2D eigenvalue weighted by atomic mass is 10.2. The molecule has 0 saturated heterocycles. The Hall–Kier alpha value is -2.40. The largest absolute Gasteiger partial charge is 0.489 e. The first-order chi connectivity index (χ1) is 10.7. The molecule has 0 radical (unpaired) electrons. The van der Waals surface area contributed by atoms with E-state index < -0.39 is 0 Å². The molecule has 1 aromatic carbocycles. The summed E-state index contributed by atoms with van der Waals surface area (Å²) in [7, 11) is 0. The monoisotopic (exact) mass is 300 g/mol. The van der Waals surface area contributed by atoms with Crippen LogP contribution in [0.2, 0.25) is 0 Å². The van der Waals surface area contributed by atoms with Gasteiger partial charge in [-0.2, -0.15) is 0 Å². The highest BCUT2D eigenvalue weighted by Gasteiger charge is 2.14. The van der Waals surface area contributed by atoms with Gasteiger partial charge >= 0.3 is 0 Å². The highest BCUT2D eigenvalue weighted by molar-refractivity contribution is 5.94. The van der Waals surface area contributed by atoms with Crippen molar-refractivity contribution in [3.63, 3.8) is 0 Å². The average Bonchev–Trinajstić information content (AvgIpc) is 2.58. The molecule has 0 aliphatic carbocycles. The van der Waals surface area contributed by atoms with Crippen molar-refractivity contribution in [1.82, 2.24) is 9.88 Å². The van der Waals surface area contributed by atoms with E-state index in [1.807, 2.05) is 25.1 Å². The first-order valence-corrected chi connectivity index (χ1v) is 7.26. The summed E-state index contributed by atoms with van der Waals surface area (Å²) in [5.41, 5.74) is 1.52. The molecule has 0 saturated carbocycles. The molecule has 0 aliphatic heterocycles. The summed E-state index contributed by atoms with van der Waals surface area (Å²) in [5.74, 6) is 0.526. The molecule has 2 rings (SSSR count). The van der Waals surface area contributed by atoms with Gasteiger partial charge in [-0.3, -0.25) is 9.78 Å². The van der Waals surface area contributed by atoms with Crippen LogP contribution < -0.4 is 4.74 Å². The summed E-state index contributed by atoms with van der Waals surface area (Å²) in [6.07, 6.45) is 3.46. The number of rotatable bonds is 7. The van der Waals surface area contributed by atoms with E-state index in [0.29, 0.717) is 31.0 Å². The molecule has 0 aliphatic rings. The fourth-order valence-corrected chi connectivity index (χ4v) is 2.08. The zero-order chi connectivity index (χ0) is 15.8. The Morgan fingerprint density at radius 1 is 1.32 bits per heavy atom. The first-order valence-electron chi connectivity index (χ1n) is 7.26. The molecule has 1 heterocycles. The number of benzene rings is 1. The van der Waals surface area contributed by atoms with Crippen LogP contribution in [0.25, 0.3) is 0 Å². The fraction of sp³-hybridized carbons (Fsp3) is 0.294.